The topological polar surface area (TPSA) is 28.2 Å². The molecule has 1 aromatic heterocycles. The Hall–Kier alpha value is -0.930. The fourth-order valence-corrected chi connectivity index (χ4v) is 2.45. The third-order valence-electron chi connectivity index (χ3n) is 3.55. The Kier molecular flexibility index (Phi) is 5.62. The van der Waals surface area contributed by atoms with Gasteiger partial charge >= 0.3 is 0 Å². The van der Waals surface area contributed by atoms with Crippen molar-refractivity contribution in [1.29, 1.82) is 0 Å². The van der Waals surface area contributed by atoms with E-state index < -0.39 is 0 Å². The minimum absolute atomic E-state index is 0.924. The number of nitrogens with zero attached hydrogens (tertiary/aromatic N) is 2. The summed E-state index contributed by atoms with van der Waals surface area (Å²) in [4.78, 5) is 7.12. The Bertz CT molecular complexity index is 326. The van der Waals surface area contributed by atoms with Crippen LogP contribution in [0.5, 0.6) is 0 Å². The summed E-state index contributed by atoms with van der Waals surface area (Å²) in [6, 6.07) is 4.38. The normalized spacial score (nSPS) is 17.6. The minimum atomic E-state index is 0.924. The van der Waals surface area contributed by atoms with Gasteiger partial charge in [0.05, 0.1) is 5.69 Å². The molecular weight excluding hydrogens is 222 g/mol. The molecule has 0 bridgehead atoms. The van der Waals surface area contributed by atoms with Gasteiger partial charge in [-0.05, 0) is 44.1 Å². The number of nitrogens with one attached hydrogen (secondary N) is 1. The molecule has 2 heterocycles. The van der Waals surface area contributed by atoms with Crippen LogP contribution in [-0.2, 0) is 13.1 Å². The minimum Gasteiger partial charge on any atom is -0.313 e. The van der Waals surface area contributed by atoms with Crippen molar-refractivity contribution in [3.05, 3.63) is 29.6 Å². The van der Waals surface area contributed by atoms with Crippen molar-refractivity contribution in [3.63, 3.8) is 0 Å². The Morgan fingerprint density at radius 1 is 1.17 bits per heavy atom. The van der Waals surface area contributed by atoms with Crippen LogP contribution < -0.4 is 5.32 Å². The van der Waals surface area contributed by atoms with E-state index in [4.69, 9.17) is 0 Å². The third kappa shape index (κ3) is 4.39. The van der Waals surface area contributed by atoms with Gasteiger partial charge in [-0.25, -0.2) is 0 Å². The molecule has 1 saturated heterocycles. The van der Waals surface area contributed by atoms with Crippen molar-refractivity contribution in [2.24, 2.45) is 0 Å². The molecule has 1 fully saturated rings. The standard InChI is InChI=1S/C15H25N3/c1-2-16-11-14-7-8-15(17-12-14)13-18-9-5-3-4-6-10-18/h7-8,12,16H,2-6,9-11,13H2,1H3. The fraction of sp³-hybridized carbons (Fsp3) is 0.667. The molecule has 3 heteroatoms. The molecule has 1 aliphatic rings. The molecular formula is C15H25N3. The molecule has 0 aromatic carbocycles. The fourth-order valence-electron chi connectivity index (χ4n) is 2.45. The zero-order valence-corrected chi connectivity index (χ0v) is 11.5. The molecule has 1 N–H and O–H groups in total. The summed E-state index contributed by atoms with van der Waals surface area (Å²) in [6.45, 7) is 7.55. The molecule has 0 radical (unpaired) electrons. The van der Waals surface area contributed by atoms with Gasteiger partial charge in [0.2, 0.25) is 0 Å². The van der Waals surface area contributed by atoms with Gasteiger partial charge in [0.15, 0.2) is 0 Å². The van der Waals surface area contributed by atoms with Gasteiger partial charge in [0.1, 0.15) is 0 Å². The average Bonchev–Trinajstić information content (AvgIpc) is 2.67. The maximum atomic E-state index is 4.57. The lowest BCUT2D eigenvalue weighted by atomic mass is 10.2. The quantitative estimate of drug-likeness (QED) is 0.867. The van der Waals surface area contributed by atoms with Crippen molar-refractivity contribution >= 4 is 0 Å². The summed E-state index contributed by atoms with van der Waals surface area (Å²) in [5, 5.41) is 3.32. The summed E-state index contributed by atoms with van der Waals surface area (Å²) in [7, 11) is 0. The molecule has 100 valence electrons. The second kappa shape index (κ2) is 7.49. The van der Waals surface area contributed by atoms with Gasteiger partial charge in [0.25, 0.3) is 0 Å². The predicted octanol–water partition coefficient (Wildman–Crippen LogP) is 2.57. The smallest absolute Gasteiger partial charge is 0.0544 e. The second-order valence-corrected chi connectivity index (χ2v) is 5.13. The number of aromatic nitrogens is 1. The van der Waals surface area contributed by atoms with Crippen LogP contribution in [-0.4, -0.2) is 29.5 Å². The zero-order valence-electron chi connectivity index (χ0n) is 11.5. The summed E-state index contributed by atoms with van der Waals surface area (Å²) < 4.78 is 0. The van der Waals surface area contributed by atoms with E-state index in [1.165, 1.54) is 50.0 Å². The first kappa shape index (κ1) is 13.5. The van der Waals surface area contributed by atoms with Gasteiger partial charge < -0.3 is 5.32 Å². The first-order valence-corrected chi connectivity index (χ1v) is 7.25. The highest BCUT2D eigenvalue weighted by atomic mass is 15.1. The van der Waals surface area contributed by atoms with Crippen molar-refractivity contribution in [3.8, 4) is 0 Å². The van der Waals surface area contributed by atoms with E-state index in [-0.39, 0.29) is 0 Å². The van der Waals surface area contributed by atoms with E-state index in [2.05, 4.69) is 34.3 Å². The molecule has 0 spiro atoms. The molecule has 1 aliphatic heterocycles. The monoisotopic (exact) mass is 247 g/mol. The van der Waals surface area contributed by atoms with Crippen LogP contribution in [0, 0.1) is 0 Å². The first-order valence-electron chi connectivity index (χ1n) is 7.25. The highest BCUT2D eigenvalue weighted by Gasteiger charge is 2.09. The molecule has 0 aliphatic carbocycles. The van der Waals surface area contributed by atoms with Gasteiger partial charge in [-0.1, -0.05) is 25.8 Å². The maximum Gasteiger partial charge on any atom is 0.0544 e. The molecule has 2 rings (SSSR count). The van der Waals surface area contributed by atoms with E-state index in [9.17, 15) is 0 Å². The number of rotatable bonds is 5. The van der Waals surface area contributed by atoms with Gasteiger partial charge in [0, 0.05) is 19.3 Å². The van der Waals surface area contributed by atoms with Gasteiger partial charge in [-0.3, -0.25) is 9.88 Å². The molecule has 0 atom stereocenters. The van der Waals surface area contributed by atoms with Crippen molar-refractivity contribution in [2.45, 2.75) is 45.7 Å². The summed E-state index contributed by atoms with van der Waals surface area (Å²) in [5.41, 5.74) is 2.48. The van der Waals surface area contributed by atoms with Gasteiger partial charge in [-0.2, -0.15) is 0 Å². The Morgan fingerprint density at radius 3 is 2.56 bits per heavy atom. The van der Waals surface area contributed by atoms with E-state index in [0.717, 1.165) is 19.6 Å². The molecule has 18 heavy (non-hydrogen) atoms. The van der Waals surface area contributed by atoms with Crippen LogP contribution in [0.3, 0.4) is 0 Å². The number of pyridine rings is 1. The van der Waals surface area contributed by atoms with E-state index in [0.29, 0.717) is 0 Å². The molecule has 0 amide bonds. The van der Waals surface area contributed by atoms with Crippen molar-refractivity contribution in [2.75, 3.05) is 19.6 Å². The van der Waals surface area contributed by atoms with Gasteiger partial charge in [-0.15, -0.1) is 0 Å². The van der Waals surface area contributed by atoms with E-state index in [1.54, 1.807) is 0 Å². The van der Waals surface area contributed by atoms with Crippen molar-refractivity contribution < 1.29 is 0 Å². The molecule has 0 unspecified atom stereocenters. The van der Waals surface area contributed by atoms with Crippen LogP contribution in [0.25, 0.3) is 0 Å². The summed E-state index contributed by atoms with van der Waals surface area (Å²) >= 11 is 0. The zero-order chi connectivity index (χ0) is 12.6. The second-order valence-electron chi connectivity index (χ2n) is 5.13. The van der Waals surface area contributed by atoms with Crippen LogP contribution in [0.4, 0.5) is 0 Å². The number of hydrogen-bond donors (Lipinski definition) is 1. The highest BCUT2D eigenvalue weighted by molar-refractivity contribution is 5.14. The lowest BCUT2D eigenvalue weighted by Gasteiger charge is -2.19. The van der Waals surface area contributed by atoms with Crippen LogP contribution in [0.1, 0.15) is 43.9 Å². The van der Waals surface area contributed by atoms with E-state index in [1.807, 2.05) is 6.20 Å². The largest absolute Gasteiger partial charge is 0.313 e. The summed E-state index contributed by atoms with van der Waals surface area (Å²) in [5.74, 6) is 0. The Morgan fingerprint density at radius 2 is 1.94 bits per heavy atom. The number of hydrogen-bond acceptors (Lipinski definition) is 3. The van der Waals surface area contributed by atoms with Crippen LogP contribution >= 0.6 is 0 Å². The predicted molar refractivity (Wildman–Crippen MR) is 75.4 cm³/mol. The Labute approximate surface area is 111 Å². The van der Waals surface area contributed by atoms with Crippen LogP contribution in [0.15, 0.2) is 18.3 Å². The molecule has 1 aromatic rings. The average molecular weight is 247 g/mol. The highest BCUT2D eigenvalue weighted by Crippen LogP contribution is 2.12. The lowest BCUT2D eigenvalue weighted by molar-refractivity contribution is 0.273. The SMILES string of the molecule is CCNCc1ccc(CN2CCCCCC2)nc1. The molecule has 0 saturated carbocycles. The Balaban J connectivity index is 1.84. The van der Waals surface area contributed by atoms with Crippen LogP contribution in [0.2, 0.25) is 0 Å². The lowest BCUT2D eigenvalue weighted by Crippen LogP contribution is -2.24. The summed E-state index contributed by atoms with van der Waals surface area (Å²) in [6.07, 6.45) is 7.49. The maximum absolute atomic E-state index is 4.57. The first-order chi connectivity index (χ1) is 8.88. The third-order valence-corrected chi connectivity index (χ3v) is 3.55. The molecule has 3 nitrogen and oxygen atoms in total. The van der Waals surface area contributed by atoms with E-state index >= 15 is 0 Å². The van der Waals surface area contributed by atoms with Crippen molar-refractivity contribution in [1.82, 2.24) is 15.2 Å². The number of likely N-dealkylation sites (tertiary alicyclic amines) is 1.